The predicted octanol–water partition coefficient (Wildman–Crippen LogP) is 3.15. The molecule has 1 spiro atoms. The first-order valence-electron chi connectivity index (χ1n) is 11.6. The van der Waals surface area contributed by atoms with Crippen LogP contribution in [0.3, 0.4) is 0 Å². The molecule has 4 amide bonds. The van der Waals surface area contributed by atoms with Gasteiger partial charge in [-0.3, -0.25) is 14.5 Å². The minimum atomic E-state index is -1.14. The molecule has 176 valence electrons. The predicted molar refractivity (Wildman–Crippen MR) is 124 cm³/mol. The molecule has 2 aliphatic carbocycles. The van der Waals surface area contributed by atoms with Crippen molar-refractivity contribution in [3.05, 3.63) is 71.4 Å². The van der Waals surface area contributed by atoms with E-state index in [1.165, 1.54) is 12.1 Å². The molecule has 2 fully saturated rings. The molecule has 3 N–H and O–H groups in total. The summed E-state index contributed by atoms with van der Waals surface area (Å²) >= 11 is 0. The van der Waals surface area contributed by atoms with Gasteiger partial charge >= 0.3 is 6.03 Å². The van der Waals surface area contributed by atoms with Crippen LogP contribution in [0, 0.1) is 12.2 Å². The van der Waals surface area contributed by atoms with Crippen LogP contribution in [0.5, 0.6) is 0 Å². The van der Waals surface area contributed by atoms with Crippen molar-refractivity contribution < 1.29 is 18.8 Å². The summed E-state index contributed by atoms with van der Waals surface area (Å²) in [5.74, 6) is -1.04. The Hall–Kier alpha value is -3.42. The number of hydrogen-bond acceptors (Lipinski definition) is 4. The van der Waals surface area contributed by atoms with E-state index in [1.54, 1.807) is 29.2 Å². The Bertz CT molecular complexity index is 1130. The van der Waals surface area contributed by atoms with Crippen molar-refractivity contribution in [2.45, 2.75) is 56.7 Å². The van der Waals surface area contributed by atoms with Gasteiger partial charge in [-0.2, -0.15) is 0 Å². The third kappa shape index (κ3) is 3.91. The Morgan fingerprint density at radius 1 is 1.18 bits per heavy atom. The quantitative estimate of drug-likeness (QED) is 0.527. The zero-order valence-electron chi connectivity index (χ0n) is 18.9. The maximum atomic E-state index is 13.5. The lowest BCUT2D eigenvalue weighted by Crippen LogP contribution is -2.48. The van der Waals surface area contributed by atoms with E-state index in [0.717, 1.165) is 47.3 Å². The van der Waals surface area contributed by atoms with Crippen molar-refractivity contribution in [3.63, 3.8) is 0 Å². The highest BCUT2D eigenvalue weighted by Gasteiger charge is 2.55. The van der Waals surface area contributed by atoms with Gasteiger partial charge in [0.1, 0.15) is 17.9 Å². The van der Waals surface area contributed by atoms with Crippen molar-refractivity contribution in [3.8, 4) is 0 Å². The molecular formula is C26H27FN4O3. The highest BCUT2D eigenvalue weighted by Crippen LogP contribution is 2.42. The van der Waals surface area contributed by atoms with E-state index in [9.17, 15) is 18.8 Å². The molecule has 8 heteroatoms. The third-order valence-corrected chi connectivity index (χ3v) is 7.16. The molecule has 0 unspecified atom stereocenters. The second-order valence-electron chi connectivity index (χ2n) is 9.27. The third-order valence-electron chi connectivity index (χ3n) is 7.16. The Balaban J connectivity index is 1.37. The number of carbonyl (C=O) groups excluding carboxylic acids is 3. The number of aryl methyl sites for hydroxylation is 1. The van der Waals surface area contributed by atoms with Crippen LogP contribution in [0.4, 0.5) is 14.9 Å². The summed E-state index contributed by atoms with van der Waals surface area (Å²) in [6.45, 7) is -0.0392. The van der Waals surface area contributed by atoms with Crippen LogP contribution in [0.15, 0.2) is 42.5 Å². The van der Waals surface area contributed by atoms with Crippen LogP contribution in [-0.4, -0.2) is 40.2 Å². The largest absolute Gasteiger partial charge is 0.399 e. The Morgan fingerprint density at radius 3 is 2.65 bits per heavy atom. The Labute approximate surface area is 198 Å². The van der Waals surface area contributed by atoms with Crippen LogP contribution in [-0.2, 0) is 28.1 Å². The fraction of sp³-hybridized carbons (Fsp3) is 0.385. The van der Waals surface area contributed by atoms with E-state index < -0.39 is 17.5 Å². The molecule has 1 atom stereocenters. The zero-order chi connectivity index (χ0) is 23.9. The number of hydrogen-bond donors (Lipinski definition) is 2. The number of rotatable bonds is 5. The number of carbonyl (C=O) groups is 3. The number of fused-ring (bicyclic) bond motifs is 2. The molecule has 1 aliphatic heterocycles. The molecule has 3 aliphatic rings. The number of nitrogens with one attached hydrogen (secondary N) is 1. The van der Waals surface area contributed by atoms with Crippen LogP contribution in [0.1, 0.15) is 48.8 Å². The monoisotopic (exact) mass is 462 g/mol. The normalized spacial score (nSPS) is 22.2. The van der Waals surface area contributed by atoms with Gasteiger partial charge in [-0.1, -0.05) is 18.2 Å². The number of nitrogens with two attached hydrogens (primary N) is 1. The summed E-state index contributed by atoms with van der Waals surface area (Å²) in [4.78, 5) is 42.7. The van der Waals surface area contributed by atoms with Gasteiger partial charge in [0, 0.05) is 18.3 Å². The standard InChI is InChI=1S/C26H27FN4O3/c27-19-8-6-17(7-9-19)15-30(21-4-2-1-3-5-21)23(32)16-31-24(33)26(29-25(31)34)13-12-18-14-20(28)10-11-22(18)26/h6-11,14,21H,2-5,12-13,15-16,28H2,(H,29,34)/t26-/m0/s1. The molecule has 1 saturated heterocycles. The first kappa shape index (κ1) is 22.4. The van der Waals surface area contributed by atoms with Gasteiger partial charge in [0.05, 0.1) is 0 Å². The van der Waals surface area contributed by atoms with Gasteiger partial charge in [-0.15, -0.1) is 0 Å². The van der Waals surface area contributed by atoms with Crippen LogP contribution < -0.4 is 11.1 Å². The maximum Gasteiger partial charge on any atom is 0.325 e. The summed E-state index contributed by atoms with van der Waals surface area (Å²) in [5.41, 5.74) is 7.84. The van der Waals surface area contributed by atoms with Crippen molar-refractivity contribution in [2.24, 2.45) is 0 Å². The molecule has 0 bridgehead atoms. The van der Waals surface area contributed by atoms with Crippen molar-refractivity contribution >= 4 is 23.5 Å². The van der Waals surface area contributed by atoms with Gasteiger partial charge in [-0.25, -0.2) is 9.18 Å². The van der Waals surface area contributed by atoms with E-state index in [1.807, 2.05) is 6.07 Å². The van der Waals surface area contributed by atoms with E-state index in [2.05, 4.69) is 11.7 Å². The van der Waals surface area contributed by atoms with Crippen LogP contribution >= 0.6 is 0 Å². The second kappa shape index (κ2) is 8.74. The minimum Gasteiger partial charge on any atom is -0.399 e. The van der Waals surface area contributed by atoms with Gasteiger partial charge < -0.3 is 16.0 Å². The number of urea groups is 1. The van der Waals surface area contributed by atoms with Crippen molar-refractivity contribution in [1.82, 2.24) is 15.1 Å². The SMILES string of the molecule is Nc1ccc2c(c1)CC[C@]21NC(=O)N(CC(=O)N(Cc2ccc(F)cc2)C2CC[C]CC2)C1=O. The molecule has 0 aromatic heterocycles. The molecule has 1 saturated carbocycles. The van der Waals surface area contributed by atoms with Gasteiger partial charge in [0.25, 0.3) is 5.91 Å². The molecule has 7 nitrogen and oxygen atoms in total. The van der Waals surface area contributed by atoms with E-state index in [4.69, 9.17) is 5.73 Å². The van der Waals surface area contributed by atoms with Gasteiger partial charge in [-0.05, 0) is 85.9 Å². The fourth-order valence-corrected chi connectivity index (χ4v) is 5.37. The number of halogens is 1. The smallest absolute Gasteiger partial charge is 0.325 e. The fourth-order valence-electron chi connectivity index (χ4n) is 5.37. The van der Waals surface area contributed by atoms with E-state index >= 15 is 0 Å². The average molecular weight is 463 g/mol. The number of benzene rings is 2. The minimum absolute atomic E-state index is 0.0243. The maximum absolute atomic E-state index is 13.5. The highest BCUT2D eigenvalue weighted by molar-refractivity contribution is 6.10. The summed E-state index contributed by atoms with van der Waals surface area (Å²) in [6, 6.07) is 10.8. The molecule has 1 heterocycles. The van der Waals surface area contributed by atoms with Crippen molar-refractivity contribution in [1.29, 1.82) is 0 Å². The van der Waals surface area contributed by atoms with E-state index in [0.29, 0.717) is 25.1 Å². The second-order valence-corrected chi connectivity index (χ2v) is 9.27. The average Bonchev–Trinajstić information content (AvgIpc) is 3.31. The summed E-state index contributed by atoms with van der Waals surface area (Å²) in [5, 5.41) is 2.86. The zero-order valence-corrected chi connectivity index (χ0v) is 18.9. The number of nitrogens with zero attached hydrogens (tertiary/aromatic N) is 2. The first-order chi connectivity index (χ1) is 16.4. The summed E-state index contributed by atoms with van der Waals surface area (Å²) in [6.07, 6.45) is 7.46. The lowest BCUT2D eigenvalue weighted by molar-refractivity contribution is -0.141. The lowest BCUT2D eigenvalue weighted by atomic mass is 9.91. The number of anilines is 1. The number of imide groups is 1. The highest BCUT2D eigenvalue weighted by atomic mass is 19.1. The van der Waals surface area contributed by atoms with E-state index in [-0.39, 0.29) is 24.3 Å². The first-order valence-corrected chi connectivity index (χ1v) is 11.6. The molecule has 2 aromatic rings. The number of amides is 4. The Morgan fingerprint density at radius 2 is 1.91 bits per heavy atom. The lowest BCUT2D eigenvalue weighted by Gasteiger charge is -2.35. The summed E-state index contributed by atoms with van der Waals surface area (Å²) < 4.78 is 13.4. The topological polar surface area (TPSA) is 95.7 Å². The molecule has 2 radical (unpaired) electrons. The van der Waals surface area contributed by atoms with Crippen LogP contribution in [0.25, 0.3) is 0 Å². The Kier molecular flexibility index (Phi) is 5.75. The molecule has 5 rings (SSSR count). The van der Waals surface area contributed by atoms with Gasteiger partial charge in [0.15, 0.2) is 0 Å². The molecular weight excluding hydrogens is 435 g/mol. The number of nitrogen functional groups attached to an aromatic ring is 1. The van der Waals surface area contributed by atoms with Crippen molar-refractivity contribution in [2.75, 3.05) is 12.3 Å². The van der Waals surface area contributed by atoms with Crippen LogP contribution in [0.2, 0.25) is 0 Å². The summed E-state index contributed by atoms with van der Waals surface area (Å²) in [7, 11) is 0. The molecule has 2 aromatic carbocycles. The molecule has 34 heavy (non-hydrogen) atoms. The van der Waals surface area contributed by atoms with Gasteiger partial charge in [0.2, 0.25) is 5.91 Å².